The van der Waals surface area contributed by atoms with Crippen LogP contribution in [0.3, 0.4) is 0 Å². The molecule has 33 heavy (non-hydrogen) atoms. The van der Waals surface area contributed by atoms with E-state index in [1.54, 1.807) is 13.1 Å². The van der Waals surface area contributed by atoms with E-state index in [9.17, 15) is 4.79 Å². The van der Waals surface area contributed by atoms with Crippen molar-refractivity contribution in [2.24, 2.45) is 10.7 Å². The maximum atomic E-state index is 12.4. The molecule has 5 rings (SSSR count). The number of fused-ring (bicyclic) bond motifs is 2. The molecule has 2 aliphatic rings. The Bertz CT molecular complexity index is 1230. The molecule has 0 spiro atoms. The van der Waals surface area contributed by atoms with Crippen molar-refractivity contribution in [2.45, 2.75) is 38.8 Å². The molecule has 8 heteroatoms. The van der Waals surface area contributed by atoms with Crippen LogP contribution in [0.4, 0.5) is 5.69 Å². The quantitative estimate of drug-likeness (QED) is 0.593. The molecule has 170 valence electrons. The van der Waals surface area contributed by atoms with E-state index in [2.05, 4.69) is 16.9 Å². The number of allylic oxidation sites excluding steroid dienone is 1. The molecule has 8 nitrogen and oxygen atoms in total. The highest BCUT2D eigenvalue weighted by molar-refractivity contribution is 6.11. The number of ether oxygens (including phenoxy) is 2. The molecule has 1 atom stereocenters. The fourth-order valence-corrected chi connectivity index (χ4v) is 4.31. The Morgan fingerprint density at radius 2 is 2.09 bits per heavy atom. The Labute approximate surface area is 191 Å². The van der Waals surface area contributed by atoms with Crippen molar-refractivity contribution in [1.82, 2.24) is 4.98 Å². The number of anilines is 1. The maximum Gasteiger partial charge on any atom is 0.400 e. The van der Waals surface area contributed by atoms with Gasteiger partial charge in [-0.1, -0.05) is 12.1 Å². The summed E-state index contributed by atoms with van der Waals surface area (Å²) in [4.78, 5) is 23.3. The smallest absolute Gasteiger partial charge is 0.400 e. The summed E-state index contributed by atoms with van der Waals surface area (Å²) < 4.78 is 17.3. The average Bonchev–Trinajstić information content (AvgIpc) is 3.18. The number of aliphatic imine (C=N–C) groups is 1. The average molecular weight is 447 g/mol. The van der Waals surface area contributed by atoms with E-state index in [1.807, 2.05) is 41.3 Å². The van der Waals surface area contributed by atoms with E-state index in [0.717, 1.165) is 29.7 Å². The Balaban J connectivity index is 1.62. The van der Waals surface area contributed by atoms with Gasteiger partial charge in [0.1, 0.15) is 11.3 Å². The molecule has 0 radical (unpaired) electrons. The molecule has 1 fully saturated rings. The molecule has 0 unspecified atom stereocenters. The van der Waals surface area contributed by atoms with Gasteiger partial charge in [-0.05, 0) is 44.0 Å². The summed E-state index contributed by atoms with van der Waals surface area (Å²) in [5.41, 5.74) is 10.6. The Morgan fingerprint density at radius 3 is 2.79 bits per heavy atom. The van der Waals surface area contributed by atoms with E-state index >= 15 is 0 Å². The minimum atomic E-state index is -0.00912. The van der Waals surface area contributed by atoms with E-state index in [4.69, 9.17) is 19.6 Å². The van der Waals surface area contributed by atoms with Gasteiger partial charge in [-0.15, -0.1) is 0 Å². The van der Waals surface area contributed by atoms with Crippen LogP contribution in [0, 0.1) is 0 Å². The third-order valence-corrected chi connectivity index (χ3v) is 6.09. The fourth-order valence-electron chi connectivity index (χ4n) is 4.31. The summed E-state index contributed by atoms with van der Waals surface area (Å²) in [7, 11) is 0. The lowest BCUT2D eigenvalue weighted by Gasteiger charge is -2.35. The zero-order valence-electron chi connectivity index (χ0n) is 18.7. The second kappa shape index (κ2) is 8.71. The standard InChI is InChI=1S/C25H26N4O4/c1-15-7-8-20-22(29(15)16(2)30)10-9-19(17(11-26)12-27-18-13-31-14-18)24(20)33-25-28-21-5-3-4-6-23(21)32-25/h3-6,9-12,15,18H,7-8,13-14,26H2,1-2H3/t15-/m0/s1. The lowest BCUT2D eigenvalue weighted by molar-refractivity contribution is -0.117. The first-order valence-electron chi connectivity index (χ1n) is 11.1. The zero-order valence-corrected chi connectivity index (χ0v) is 18.7. The highest BCUT2D eigenvalue weighted by Crippen LogP contribution is 2.43. The van der Waals surface area contributed by atoms with Gasteiger partial charge in [-0.25, -0.2) is 0 Å². The number of carbonyl (C=O) groups excluding carboxylic acids is 1. The topological polar surface area (TPSA) is 103 Å². The monoisotopic (exact) mass is 446 g/mol. The highest BCUT2D eigenvalue weighted by Gasteiger charge is 2.31. The van der Waals surface area contributed by atoms with E-state index < -0.39 is 0 Å². The zero-order chi connectivity index (χ0) is 22.9. The number of aromatic nitrogens is 1. The normalized spacial score (nSPS) is 19.0. The molecule has 2 aromatic carbocycles. The van der Waals surface area contributed by atoms with Gasteiger partial charge >= 0.3 is 6.08 Å². The molecule has 1 aromatic heterocycles. The van der Waals surface area contributed by atoms with Gasteiger partial charge in [-0.2, -0.15) is 4.98 Å². The van der Waals surface area contributed by atoms with Crippen molar-refractivity contribution >= 4 is 34.5 Å². The van der Waals surface area contributed by atoms with Crippen molar-refractivity contribution in [3.8, 4) is 11.8 Å². The Kier molecular flexibility index (Phi) is 5.60. The minimum absolute atomic E-state index is 0.00912. The van der Waals surface area contributed by atoms with Crippen LogP contribution in [0.25, 0.3) is 16.7 Å². The largest absolute Gasteiger partial charge is 0.410 e. The third kappa shape index (κ3) is 3.98. The second-order valence-corrected chi connectivity index (χ2v) is 8.36. The first-order valence-corrected chi connectivity index (χ1v) is 11.1. The summed E-state index contributed by atoms with van der Waals surface area (Å²) in [5.74, 6) is 0.565. The van der Waals surface area contributed by atoms with Crippen LogP contribution in [0.1, 0.15) is 31.4 Å². The SMILES string of the molecule is CC(=O)N1c2ccc(C(C=NC3COC3)=CN)c(Oc3nc4ccccc4o3)c2CC[C@@H]1C. The molecule has 3 aromatic rings. The number of nitrogens with zero attached hydrogens (tertiary/aromatic N) is 3. The first kappa shape index (κ1) is 21.2. The molecular formula is C25H26N4O4. The predicted molar refractivity (Wildman–Crippen MR) is 127 cm³/mol. The van der Waals surface area contributed by atoms with Crippen molar-refractivity contribution < 1.29 is 18.7 Å². The van der Waals surface area contributed by atoms with Crippen molar-refractivity contribution in [3.63, 3.8) is 0 Å². The van der Waals surface area contributed by atoms with Gasteiger partial charge in [0.05, 0.1) is 24.9 Å². The van der Waals surface area contributed by atoms with Gasteiger partial charge in [0, 0.05) is 42.1 Å². The van der Waals surface area contributed by atoms with Crippen LogP contribution in [0.5, 0.6) is 11.8 Å². The van der Waals surface area contributed by atoms with Gasteiger partial charge in [0.25, 0.3) is 0 Å². The number of amides is 1. The summed E-state index contributed by atoms with van der Waals surface area (Å²) in [6, 6.07) is 11.6. The summed E-state index contributed by atoms with van der Waals surface area (Å²) in [5, 5.41) is 0. The molecule has 2 N–H and O–H groups in total. The minimum Gasteiger partial charge on any atom is -0.410 e. The summed E-state index contributed by atoms with van der Waals surface area (Å²) in [6.07, 6.45) is 4.96. The number of oxazole rings is 1. The van der Waals surface area contributed by atoms with Crippen LogP contribution in [-0.2, 0) is 16.0 Å². The first-order chi connectivity index (χ1) is 16.0. The second-order valence-electron chi connectivity index (χ2n) is 8.36. The number of hydrogen-bond acceptors (Lipinski definition) is 7. The van der Waals surface area contributed by atoms with Crippen LogP contribution in [0.15, 0.2) is 52.0 Å². The lowest BCUT2D eigenvalue weighted by atomic mass is 9.92. The van der Waals surface area contributed by atoms with Gasteiger partial charge < -0.3 is 24.5 Å². The van der Waals surface area contributed by atoms with Gasteiger partial charge in [-0.3, -0.25) is 9.79 Å². The Morgan fingerprint density at radius 1 is 1.27 bits per heavy atom. The van der Waals surface area contributed by atoms with Crippen molar-refractivity contribution in [2.75, 3.05) is 18.1 Å². The summed E-state index contributed by atoms with van der Waals surface area (Å²) >= 11 is 0. The predicted octanol–water partition coefficient (Wildman–Crippen LogP) is 4.08. The number of rotatable bonds is 5. The number of para-hydroxylation sites is 2. The molecule has 0 bridgehead atoms. The van der Waals surface area contributed by atoms with E-state index in [-0.39, 0.29) is 24.1 Å². The van der Waals surface area contributed by atoms with Crippen molar-refractivity contribution in [3.05, 3.63) is 53.7 Å². The fraction of sp³-hybridized carbons (Fsp3) is 0.320. The molecule has 0 aliphatic carbocycles. The molecule has 1 amide bonds. The third-order valence-electron chi connectivity index (χ3n) is 6.09. The van der Waals surface area contributed by atoms with E-state index in [0.29, 0.717) is 35.6 Å². The molecular weight excluding hydrogens is 420 g/mol. The van der Waals surface area contributed by atoms with Crippen LogP contribution < -0.4 is 15.4 Å². The van der Waals surface area contributed by atoms with E-state index in [1.165, 1.54) is 6.20 Å². The Hall–Kier alpha value is -3.65. The maximum absolute atomic E-state index is 12.4. The van der Waals surface area contributed by atoms with Crippen LogP contribution in [-0.4, -0.2) is 42.4 Å². The van der Waals surface area contributed by atoms with Crippen molar-refractivity contribution in [1.29, 1.82) is 0 Å². The number of carbonyl (C=O) groups is 1. The molecule has 1 saturated heterocycles. The molecule has 2 aliphatic heterocycles. The number of nitrogens with two attached hydrogens (primary N) is 1. The number of hydrogen-bond donors (Lipinski definition) is 1. The van der Waals surface area contributed by atoms with Crippen LogP contribution in [0.2, 0.25) is 0 Å². The van der Waals surface area contributed by atoms with Crippen LogP contribution >= 0.6 is 0 Å². The van der Waals surface area contributed by atoms with Gasteiger partial charge in [0.2, 0.25) is 5.91 Å². The lowest BCUT2D eigenvalue weighted by Crippen LogP contribution is -2.40. The highest BCUT2D eigenvalue weighted by atomic mass is 16.6. The van der Waals surface area contributed by atoms with Gasteiger partial charge in [0.15, 0.2) is 5.58 Å². The number of benzene rings is 2. The summed E-state index contributed by atoms with van der Waals surface area (Å²) in [6.45, 7) is 4.85. The molecule has 3 heterocycles. The molecule has 0 saturated carbocycles.